The summed E-state index contributed by atoms with van der Waals surface area (Å²) < 4.78 is 0. The minimum Gasteiger partial charge on any atom is -0.543 e. The Bertz CT molecular complexity index is 389. The number of β-lactam (4-membered cyclic amide) rings is 1. The van der Waals surface area contributed by atoms with Crippen LogP contribution in [0.2, 0.25) is 0 Å². The molecule has 0 N–H and O–H groups in total. The summed E-state index contributed by atoms with van der Waals surface area (Å²) in [7, 11) is -0.0335. The van der Waals surface area contributed by atoms with Crippen LogP contribution in [0, 0.1) is 0 Å². The minimum absolute atomic E-state index is 0.0335. The molecule has 2 atom stereocenters. The molecule has 2 aliphatic heterocycles. The van der Waals surface area contributed by atoms with E-state index in [4.69, 9.17) is 0 Å². The van der Waals surface area contributed by atoms with Crippen molar-refractivity contribution in [3.8, 4) is 0 Å². The van der Waals surface area contributed by atoms with Gasteiger partial charge in [-0.15, -0.1) is 0 Å². The molecule has 2 heterocycles. The molecule has 1 amide bonds. The highest BCUT2D eigenvalue weighted by Gasteiger charge is 2.51. The normalized spacial score (nSPS) is 28.7. The maximum absolute atomic E-state index is 11.4. The summed E-state index contributed by atoms with van der Waals surface area (Å²) in [5.41, 5.74) is 0.0508. The highest BCUT2D eigenvalue weighted by atomic mass is 32.2. The van der Waals surface area contributed by atoms with Gasteiger partial charge >= 0.3 is 0 Å². The van der Waals surface area contributed by atoms with Crippen LogP contribution < -0.4 is 5.11 Å². The van der Waals surface area contributed by atoms with E-state index in [1.165, 1.54) is 4.90 Å². The zero-order valence-electron chi connectivity index (χ0n) is 9.01. The topological polar surface area (TPSA) is 60.4 Å². The first-order chi connectivity index (χ1) is 7.65. The van der Waals surface area contributed by atoms with E-state index >= 15 is 0 Å². The number of hydrogen-bond acceptors (Lipinski definition) is 3. The van der Waals surface area contributed by atoms with Gasteiger partial charge in [-0.05, 0) is 18.6 Å². The van der Waals surface area contributed by atoms with Crippen molar-refractivity contribution >= 4 is 22.8 Å². The molecule has 16 heavy (non-hydrogen) atoms. The molecule has 1 unspecified atom stereocenters. The van der Waals surface area contributed by atoms with E-state index in [1.54, 1.807) is 6.08 Å². The van der Waals surface area contributed by atoms with Crippen LogP contribution in [-0.4, -0.2) is 27.9 Å². The smallest absolute Gasteiger partial charge is 0.238 e. The predicted molar refractivity (Wildman–Crippen MR) is 60.0 cm³/mol. The Morgan fingerprint density at radius 1 is 1.75 bits per heavy atom. The Hall–Kier alpha value is -1.23. The molecule has 0 aromatic carbocycles. The first-order valence-electron chi connectivity index (χ1n) is 5.24. The van der Waals surface area contributed by atoms with Gasteiger partial charge in [0.05, 0.1) is 18.1 Å². The van der Waals surface area contributed by atoms with E-state index in [9.17, 15) is 14.7 Å². The van der Waals surface area contributed by atoms with Crippen LogP contribution in [0.25, 0.3) is 0 Å². The Kier molecular flexibility index (Phi) is 3.05. The van der Waals surface area contributed by atoms with Crippen LogP contribution in [0.5, 0.6) is 0 Å². The first-order valence-corrected chi connectivity index (χ1v) is 6.76. The zero-order chi connectivity index (χ0) is 11.7. The number of carbonyl (C=O) groups excluding carboxylic acids is 2. The summed E-state index contributed by atoms with van der Waals surface area (Å²) >= 11 is 0. The lowest BCUT2D eigenvalue weighted by Crippen LogP contribution is -2.60. The molecule has 2 aliphatic rings. The van der Waals surface area contributed by atoms with Crippen LogP contribution in [0.3, 0.4) is 0 Å². The average molecular weight is 239 g/mol. The molecule has 0 aliphatic carbocycles. The second-order valence-electron chi connectivity index (χ2n) is 3.72. The van der Waals surface area contributed by atoms with Gasteiger partial charge in [-0.25, -0.2) is 0 Å². The number of rotatable bonds is 3. The number of allylic oxidation sites excluding steroid dienone is 1. The number of nitrogens with zero attached hydrogens (tertiary/aromatic N) is 1. The molecular formula is C11H13NO3S. The van der Waals surface area contributed by atoms with Gasteiger partial charge in [0.25, 0.3) is 0 Å². The summed E-state index contributed by atoms with van der Waals surface area (Å²) in [5.74, 6) is -0.655. The molecule has 0 spiro atoms. The molecule has 0 bridgehead atoms. The van der Waals surface area contributed by atoms with Crippen LogP contribution in [0.1, 0.15) is 19.8 Å². The lowest BCUT2D eigenvalue weighted by atomic mass is 10.1. The number of carbonyl (C=O) groups is 2. The SMILES string of the molecule is CC/C=C\[S+]1CC=C(C(=O)[O-])N2C(=O)C[C@H]21. The largest absolute Gasteiger partial charge is 0.543 e. The summed E-state index contributed by atoms with van der Waals surface area (Å²) in [4.78, 5) is 23.6. The highest BCUT2D eigenvalue weighted by Crippen LogP contribution is 2.34. The van der Waals surface area contributed by atoms with Crippen LogP contribution >= 0.6 is 0 Å². The molecule has 5 heteroatoms. The Balaban J connectivity index is 2.19. The lowest BCUT2D eigenvalue weighted by Gasteiger charge is -2.41. The van der Waals surface area contributed by atoms with E-state index in [1.807, 2.05) is 0 Å². The third-order valence-corrected chi connectivity index (χ3v) is 4.87. The fourth-order valence-corrected chi connectivity index (χ4v) is 4.01. The number of carboxylic acids is 1. The number of hydrogen-bond donors (Lipinski definition) is 0. The van der Waals surface area contributed by atoms with Crippen LogP contribution in [-0.2, 0) is 20.5 Å². The Morgan fingerprint density at radius 2 is 2.50 bits per heavy atom. The molecule has 2 rings (SSSR count). The van der Waals surface area contributed by atoms with E-state index in [0.29, 0.717) is 12.2 Å². The van der Waals surface area contributed by atoms with Gasteiger partial charge in [0, 0.05) is 10.9 Å². The van der Waals surface area contributed by atoms with Crippen molar-refractivity contribution in [3.05, 3.63) is 23.3 Å². The minimum atomic E-state index is -1.25. The first kappa shape index (κ1) is 11.3. The quantitative estimate of drug-likeness (QED) is 0.503. The van der Waals surface area contributed by atoms with Crippen molar-refractivity contribution in [2.75, 3.05) is 5.75 Å². The van der Waals surface area contributed by atoms with Gasteiger partial charge < -0.3 is 9.90 Å². The van der Waals surface area contributed by atoms with Crippen molar-refractivity contribution in [1.82, 2.24) is 4.90 Å². The fourth-order valence-electron chi connectivity index (χ4n) is 1.85. The van der Waals surface area contributed by atoms with Crippen molar-refractivity contribution in [3.63, 3.8) is 0 Å². The molecule has 4 nitrogen and oxygen atoms in total. The number of carboxylic acid groups (broad SMARTS) is 1. The van der Waals surface area contributed by atoms with Crippen molar-refractivity contribution < 1.29 is 14.7 Å². The third kappa shape index (κ3) is 1.75. The standard InChI is InChI=1S/C11H13NO3S/c1-2-3-5-16-6-4-8(11(14)15)12-9(13)7-10(12)16/h3-5,10H,2,6-7H2,1H3/b5-3-/t10-,16?/m1/s1. The van der Waals surface area contributed by atoms with Gasteiger partial charge in [-0.1, -0.05) is 6.92 Å². The monoisotopic (exact) mass is 239 g/mol. The second-order valence-corrected chi connectivity index (χ2v) is 5.80. The van der Waals surface area contributed by atoms with Gasteiger partial charge in [-0.3, -0.25) is 9.69 Å². The van der Waals surface area contributed by atoms with Gasteiger partial charge in [0.1, 0.15) is 11.2 Å². The third-order valence-electron chi connectivity index (χ3n) is 2.70. The number of fused-ring (bicyclic) bond motifs is 1. The molecule has 0 radical (unpaired) electrons. The van der Waals surface area contributed by atoms with Crippen molar-refractivity contribution in [2.45, 2.75) is 25.1 Å². The average Bonchev–Trinajstić information content (AvgIpc) is 2.24. The maximum Gasteiger partial charge on any atom is 0.238 e. The van der Waals surface area contributed by atoms with E-state index < -0.39 is 5.97 Å². The molecule has 0 aromatic rings. The molecular weight excluding hydrogens is 226 g/mol. The van der Waals surface area contributed by atoms with Crippen molar-refractivity contribution in [1.29, 1.82) is 0 Å². The fraction of sp³-hybridized carbons (Fsp3) is 0.455. The molecule has 0 aromatic heterocycles. The molecule has 1 saturated heterocycles. The number of amides is 1. The van der Waals surface area contributed by atoms with Gasteiger partial charge in [0.15, 0.2) is 0 Å². The molecule has 86 valence electrons. The second kappa shape index (κ2) is 4.33. The van der Waals surface area contributed by atoms with Crippen LogP contribution in [0.15, 0.2) is 23.3 Å². The predicted octanol–water partition coefficient (Wildman–Crippen LogP) is -0.266. The summed E-state index contributed by atoms with van der Waals surface area (Å²) in [5, 5.41) is 13.0. The summed E-state index contributed by atoms with van der Waals surface area (Å²) in [6, 6.07) is 0. The summed E-state index contributed by atoms with van der Waals surface area (Å²) in [6.45, 7) is 2.05. The molecule has 0 saturated carbocycles. The summed E-state index contributed by atoms with van der Waals surface area (Å²) in [6.07, 6.45) is 5.09. The Labute approximate surface area is 97.0 Å². The Morgan fingerprint density at radius 3 is 3.06 bits per heavy atom. The van der Waals surface area contributed by atoms with E-state index in [2.05, 4.69) is 18.4 Å². The van der Waals surface area contributed by atoms with E-state index in [-0.39, 0.29) is 27.9 Å². The number of aliphatic carboxylic acids is 1. The lowest BCUT2D eigenvalue weighted by molar-refractivity contribution is -0.301. The highest BCUT2D eigenvalue weighted by molar-refractivity contribution is 8.00. The van der Waals surface area contributed by atoms with Gasteiger partial charge in [0.2, 0.25) is 11.3 Å². The van der Waals surface area contributed by atoms with E-state index in [0.717, 1.165) is 6.42 Å². The van der Waals surface area contributed by atoms with Crippen LogP contribution in [0.4, 0.5) is 0 Å². The van der Waals surface area contributed by atoms with Gasteiger partial charge in [-0.2, -0.15) is 0 Å². The maximum atomic E-state index is 11.4. The zero-order valence-corrected chi connectivity index (χ0v) is 9.83. The molecule has 1 fully saturated rings. The van der Waals surface area contributed by atoms with Crippen molar-refractivity contribution in [2.24, 2.45) is 0 Å².